The highest BCUT2D eigenvalue weighted by molar-refractivity contribution is 5.94. The number of hydrogen-bond acceptors (Lipinski definition) is 4. The van der Waals surface area contributed by atoms with Crippen LogP contribution in [-0.2, 0) is 4.79 Å². The van der Waals surface area contributed by atoms with Gasteiger partial charge in [0.05, 0.1) is 19.2 Å². The predicted molar refractivity (Wildman–Crippen MR) is 58.9 cm³/mol. The van der Waals surface area contributed by atoms with Gasteiger partial charge in [-0.15, -0.1) is 0 Å². The van der Waals surface area contributed by atoms with Gasteiger partial charge in [-0.05, 0) is 12.1 Å². The number of benzene rings is 1. The lowest BCUT2D eigenvalue weighted by Crippen LogP contribution is -2.36. The summed E-state index contributed by atoms with van der Waals surface area (Å²) >= 11 is 0. The number of carboxylic acids is 1. The van der Waals surface area contributed by atoms with Crippen molar-refractivity contribution >= 4 is 11.9 Å². The van der Waals surface area contributed by atoms with Crippen molar-refractivity contribution in [2.75, 3.05) is 13.7 Å². The zero-order valence-corrected chi connectivity index (χ0v) is 9.51. The van der Waals surface area contributed by atoms with E-state index in [4.69, 9.17) is 14.9 Å². The molecule has 0 bridgehead atoms. The van der Waals surface area contributed by atoms with Gasteiger partial charge in [0.25, 0.3) is 5.91 Å². The highest BCUT2D eigenvalue weighted by Gasteiger charge is 2.17. The Morgan fingerprint density at radius 1 is 1.50 bits per heavy atom. The maximum atomic E-state index is 13.5. The molecule has 1 atom stereocenters. The van der Waals surface area contributed by atoms with E-state index in [0.29, 0.717) is 0 Å². The molecule has 0 spiro atoms. The number of methoxy groups -OCH3 is 1. The molecule has 0 saturated heterocycles. The van der Waals surface area contributed by atoms with Gasteiger partial charge >= 0.3 is 5.97 Å². The number of aliphatic carboxylic acids is 1. The van der Waals surface area contributed by atoms with Crippen LogP contribution in [0.5, 0.6) is 5.75 Å². The molecule has 0 aliphatic heterocycles. The summed E-state index contributed by atoms with van der Waals surface area (Å²) in [5, 5.41) is 19.4. The van der Waals surface area contributed by atoms with Crippen molar-refractivity contribution in [1.82, 2.24) is 5.32 Å². The van der Waals surface area contributed by atoms with Gasteiger partial charge in [0.15, 0.2) is 6.10 Å². The van der Waals surface area contributed by atoms with Crippen LogP contribution in [0, 0.1) is 5.82 Å². The van der Waals surface area contributed by atoms with Crippen molar-refractivity contribution in [2.24, 2.45) is 0 Å². The number of aliphatic hydroxyl groups is 1. The lowest BCUT2D eigenvalue weighted by molar-refractivity contribution is -0.146. The average molecular weight is 257 g/mol. The maximum Gasteiger partial charge on any atom is 0.334 e. The Kier molecular flexibility index (Phi) is 4.61. The van der Waals surface area contributed by atoms with E-state index in [2.05, 4.69) is 5.32 Å². The number of hydrogen-bond donors (Lipinski definition) is 3. The average Bonchev–Trinajstić information content (AvgIpc) is 2.34. The van der Waals surface area contributed by atoms with Crippen molar-refractivity contribution < 1.29 is 28.9 Å². The quantitative estimate of drug-likeness (QED) is 0.690. The van der Waals surface area contributed by atoms with Gasteiger partial charge in [-0.25, -0.2) is 9.18 Å². The van der Waals surface area contributed by atoms with E-state index in [0.717, 1.165) is 6.07 Å². The molecule has 0 unspecified atom stereocenters. The van der Waals surface area contributed by atoms with Crippen molar-refractivity contribution in [1.29, 1.82) is 0 Å². The first-order valence-electron chi connectivity index (χ1n) is 4.98. The largest absolute Gasteiger partial charge is 0.497 e. The zero-order valence-electron chi connectivity index (χ0n) is 9.51. The van der Waals surface area contributed by atoms with Crippen molar-refractivity contribution in [2.45, 2.75) is 6.10 Å². The normalized spacial score (nSPS) is 11.7. The van der Waals surface area contributed by atoms with Crippen molar-refractivity contribution in [3.8, 4) is 5.75 Å². The number of carbonyl (C=O) groups is 2. The molecular formula is C11H12FNO5. The van der Waals surface area contributed by atoms with Crippen LogP contribution >= 0.6 is 0 Å². The Hall–Kier alpha value is -2.15. The molecule has 0 aromatic heterocycles. The summed E-state index contributed by atoms with van der Waals surface area (Å²) in [6.07, 6.45) is -1.73. The molecule has 1 amide bonds. The number of halogens is 1. The third-order valence-electron chi connectivity index (χ3n) is 2.16. The van der Waals surface area contributed by atoms with Crippen LogP contribution in [0.25, 0.3) is 0 Å². The molecule has 18 heavy (non-hydrogen) atoms. The second-order valence-corrected chi connectivity index (χ2v) is 3.41. The number of amides is 1. The second kappa shape index (κ2) is 5.97. The minimum absolute atomic E-state index is 0.256. The van der Waals surface area contributed by atoms with Crippen LogP contribution in [0.2, 0.25) is 0 Å². The highest BCUT2D eigenvalue weighted by Crippen LogP contribution is 2.15. The lowest BCUT2D eigenvalue weighted by Gasteiger charge is -2.09. The standard InChI is InChI=1S/C11H12FNO5/c1-18-6-2-3-7(8(12)4-6)10(15)13-5-9(14)11(16)17/h2-4,9,14H,5H2,1H3,(H,13,15)(H,16,17)/t9-/m0/s1. The zero-order chi connectivity index (χ0) is 13.7. The van der Waals surface area contributed by atoms with Crippen LogP contribution in [0.3, 0.4) is 0 Å². The van der Waals surface area contributed by atoms with Crippen LogP contribution in [0.15, 0.2) is 18.2 Å². The summed E-state index contributed by atoms with van der Waals surface area (Å²) in [5.41, 5.74) is -0.256. The predicted octanol–water partition coefficient (Wildman–Crippen LogP) is 0.00960. The van der Waals surface area contributed by atoms with Crippen LogP contribution in [-0.4, -0.2) is 41.8 Å². The number of rotatable bonds is 5. The van der Waals surface area contributed by atoms with Gasteiger partial charge in [0, 0.05) is 6.07 Å². The van der Waals surface area contributed by atoms with E-state index >= 15 is 0 Å². The number of ether oxygens (including phenoxy) is 1. The Labute approximate surface area is 102 Å². The van der Waals surface area contributed by atoms with Crippen LogP contribution in [0.1, 0.15) is 10.4 Å². The third-order valence-corrected chi connectivity index (χ3v) is 2.16. The molecule has 0 radical (unpaired) electrons. The summed E-state index contributed by atoms with van der Waals surface area (Å²) in [4.78, 5) is 21.8. The number of aliphatic hydroxyl groups excluding tert-OH is 1. The van der Waals surface area contributed by atoms with E-state index in [1.165, 1.54) is 19.2 Å². The molecule has 3 N–H and O–H groups in total. The fraction of sp³-hybridized carbons (Fsp3) is 0.273. The molecule has 0 saturated carbocycles. The maximum absolute atomic E-state index is 13.5. The van der Waals surface area contributed by atoms with E-state index in [9.17, 15) is 14.0 Å². The fourth-order valence-corrected chi connectivity index (χ4v) is 1.18. The number of nitrogens with one attached hydrogen (secondary N) is 1. The summed E-state index contributed by atoms with van der Waals surface area (Å²) in [6, 6.07) is 3.63. The Balaban J connectivity index is 2.70. The van der Waals surface area contributed by atoms with Crippen molar-refractivity contribution in [3.05, 3.63) is 29.6 Å². The molecule has 1 aromatic rings. The first-order valence-corrected chi connectivity index (χ1v) is 4.98. The summed E-state index contributed by atoms with van der Waals surface area (Å²) in [6.45, 7) is -0.500. The molecule has 98 valence electrons. The highest BCUT2D eigenvalue weighted by atomic mass is 19.1. The van der Waals surface area contributed by atoms with E-state index in [1.54, 1.807) is 0 Å². The van der Waals surface area contributed by atoms with E-state index in [-0.39, 0.29) is 11.3 Å². The Morgan fingerprint density at radius 3 is 2.67 bits per heavy atom. The number of carbonyl (C=O) groups excluding carboxylic acids is 1. The minimum Gasteiger partial charge on any atom is -0.497 e. The van der Waals surface area contributed by atoms with Gasteiger partial charge in [-0.1, -0.05) is 0 Å². The number of carboxylic acid groups (broad SMARTS) is 1. The molecule has 1 rings (SSSR count). The first-order chi connectivity index (χ1) is 8.45. The molecule has 6 nitrogen and oxygen atoms in total. The lowest BCUT2D eigenvalue weighted by atomic mass is 10.2. The fourth-order valence-electron chi connectivity index (χ4n) is 1.18. The van der Waals surface area contributed by atoms with Crippen molar-refractivity contribution in [3.63, 3.8) is 0 Å². The molecule has 0 aliphatic rings. The van der Waals surface area contributed by atoms with Gasteiger partial charge in [-0.2, -0.15) is 0 Å². The van der Waals surface area contributed by atoms with Gasteiger partial charge in [0.1, 0.15) is 11.6 Å². The topological polar surface area (TPSA) is 95.9 Å². The SMILES string of the molecule is COc1ccc(C(=O)NC[C@H](O)C(=O)O)c(F)c1. The third kappa shape index (κ3) is 3.42. The summed E-state index contributed by atoms with van der Waals surface area (Å²) < 4.78 is 18.2. The molecule has 0 heterocycles. The van der Waals surface area contributed by atoms with E-state index < -0.39 is 30.3 Å². The Bertz CT molecular complexity index is 463. The molecule has 0 fully saturated rings. The minimum atomic E-state index is -1.73. The summed E-state index contributed by atoms with van der Waals surface area (Å²) in [5.74, 6) is -2.81. The van der Waals surface area contributed by atoms with Gasteiger partial charge < -0.3 is 20.3 Å². The summed E-state index contributed by atoms with van der Waals surface area (Å²) in [7, 11) is 1.36. The van der Waals surface area contributed by atoms with Crippen LogP contribution < -0.4 is 10.1 Å². The first kappa shape index (κ1) is 13.9. The second-order valence-electron chi connectivity index (χ2n) is 3.41. The molecule has 7 heteroatoms. The smallest absolute Gasteiger partial charge is 0.334 e. The molecule has 1 aromatic carbocycles. The van der Waals surface area contributed by atoms with Gasteiger partial charge in [0.2, 0.25) is 0 Å². The van der Waals surface area contributed by atoms with Crippen LogP contribution in [0.4, 0.5) is 4.39 Å². The molecular weight excluding hydrogens is 245 g/mol. The van der Waals surface area contributed by atoms with Gasteiger partial charge in [-0.3, -0.25) is 4.79 Å². The molecule has 0 aliphatic carbocycles. The van der Waals surface area contributed by atoms with E-state index in [1.807, 2.05) is 0 Å². The Morgan fingerprint density at radius 2 is 2.17 bits per heavy atom. The monoisotopic (exact) mass is 257 g/mol.